The van der Waals surface area contributed by atoms with E-state index >= 15 is 0 Å². The van der Waals surface area contributed by atoms with Gasteiger partial charge < -0.3 is 5.11 Å². The highest BCUT2D eigenvalue weighted by atomic mass is 16.6. The molecule has 0 aliphatic rings. The van der Waals surface area contributed by atoms with Crippen molar-refractivity contribution in [3.8, 4) is 0 Å². The van der Waals surface area contributed by atoms with Gasteiger partial charge >= 0.3 is 0 Å². The third-order valence-corrected chi connectivity index (χ3v) is 3.64. The number of aliphatic hydroxyl groups is 1. The summed E-state index contributed by atoms with van der Waals surface area (Å²) < 4.78 is 0. The molecule has 1 unspecified atom stereocenters. The summed E-state index contributed by atoms with van der Waals surface area (Å²) in [5.41, 5.74) is -1.09. The van der Waals surface area contributed by atoms with E-state index in [1.807, 2.05) is 6.92 Å². The van der Waals surface area contributed by atoms with Crippen molar-refractivity contribution in [1.29, 1.82) is 0 Å². The first-order valence-corrected chi connectivity index (χ1v) is 7.38. The monoisotopic (exact) mass is 259 g/mol. The van der Waals surface area contributed by atoms with E-state index in [1.54, 1.807) is 0 Å². The van der Waals surface area contributed by atoms with Crippen LogP contribution in [-0.4, -0.2) is 22.2 Å². The summed E-state index contributed by atoms with van der Waals surface area (Å²) in [6.45, 7) is 3.79. The predicted molar refractivity (Wildman–Crippen MR) is 74.3 cm³/mol. The first kappa shape index (κ1) is 17.4. The SMILES string of the molecule is CCCCCCCCCC(CO)(CCC)[N+](=O)[O-]. The Kier molecular flexibility index (Phi) is 9.93. The van der Waals surface area contributed by atoms with Crippen LogP contribution in [0.5, 0.6) is 0 Å². The van der Waals surface area contributed by atoms with Gasteiger partial charge in [-0.05, 0) is 12.8 Å². The zero-order valence-corrected chi connectivity index (χ0v) is 12.0. The lowest BCUT2D eigenvalue weighted by atomic mass is 9.89. The number of nitrogens with zero attached hydrogens (tertiary/aromatic N) is 1. The second-order valence-electron chi connectivity index (χ2n) is 5.26. The third kappa shape index (κ3) is 6.34. The lowest BCUT2D eigenvalue weighted by molar-refractivity contribution is -0.576. The number of aliphatic hydroxyl groups excluding tert-OH is 1. The van der Waals surface area contributed by atoms with Gasteiger partial charge in [-0.1, -0.05) is 52.4 Å². The minimum atomic E-state index is -1.09. The molecule has 0 heterocycles. The fourth-order valence-corrected chi connectivity index (χ4v) is 2.40. The van der Waals surface area contributed by atoms with Crippen molar-refractivity contribution in [2.75, 3.05) is 6.61 Å². The normalized spacial score (nSPS) is 14.4. The second-order valence-corrected chi connectivity index (χ2v) is 5.26. The zero-order valence-electron chi connectivity index (χ0n) is 12.0. The summed E-state index contributed by atoms with van der Waals surface area (Å²) in [5, 5.41) is 20.4. The molecule has 0 rings (SSSR count). The maximum atomic E-state index is 11.1. The van der Waals surface area contributed by atoms with Gasteiger partial charge in [-0.2, -0.15) is 0 Å². The Morgan fingerprint density at radius 3 is 1.94 bits per heavy atom. The molecule has 0 spiro atoms. The van der Waals surface area contributed by atoms with E-state index in [0.29, 0.717) is 12.8 Å². The highest BCUT2D eigenvalue weighted by molar-refractivity contribution is 4.78. The molecule has 1 N–H and O–H groups in total. The smallest absolute Gasteiger partial charge is 0.244 e. The molecule has 0 aliphatic heterocycles. The Morgan fingerprint density at radius 2 is 1.50 bits per heavy atom. The van der Waals surface area contributed by atoms with Gasteiger partial charge in [0.05, 0.1) is 0 Å². The van der Waals surface area contributed by atoms with Crippen LogP contribution in [-0.2, 0) is 0 Å². The van der Waals surface area contributed by atoms with E-state index in [-0.39, 0.29) is 11.5 Å². The van der Waals surface area contributed by atoms with Crippen LogP contribution in [0.3, 0.4) is 0 Å². The summed E-state index contributed by atoms with van der Waals surface area (Å²) >= 11 is 0. The molecule has 4 heteroatoms. The standard InChI is InChI=1S/C14H29NO3/c1-3-5-6-7-8-9-10-12-14(13-16,11-4-2)15(17)18/h16H,3-13H2,1-2H3. The highest BCUT2D eigenvalue weighted by Crippen LogP contribution is 2.24. The van der Waals surface area contributed by atoms with Crippen LogP contribution in [0.2, 0.25) is 0 Å². The Balaban J connectivity index is 3.86. The molecule has 1 atom stereocenters. The van der Waals surface area contributed by atoms with E-state index in [0.717, 1.165) is 25.7 Å². The van der Waals surface area contributed by atoms with E-state index in [9.17, 15) is 15.2 Å². The highest BCUT2D eigenvalue weighted by Gasteiger charge is 2.40. The van der Waals surface area contributed by atoms with Crippen LogP contribution in [0.15, 0.2) is 0 Å². The summed E-state index contributed by atoms with van der Waals surface area (Å²) in [4.78, 5) is 10.8. The molecule has 0 saturated heterocycles. The minimum absolute atomic E-state index is 0.270. The Morgan fingerprint density at radius 1 is 0.944 bits per heavy atom. The molecule has 18 heavy (non-hydrogen) atoms. The van der Waals surface area contributed by atoms with Crippen LogP contribution in [0.1, 0.15) is 78.1 Å². The zero-order chi connectivity index (χ0) is 13.9. The number of rotatable bonds is 12. The predicted octanol–water partition coefficient (Wildman–Crippen LogP) is 3.94. The van der Waals surface area contributed by atoms with Crippen molar-refractivity contribution in [1.82, 2.24) is 0 Å². The van der Waals surface area contributed by atoms with Crippen LogP contribution >= 0.6 is 0 Å². The molecular weight excluding hydrogens is 230 g/mol. The summed E-state index contributed by atoms with van der Waals surface area (Å²) in [7, 11) is 0. The van der Waals surface area contributed by atoms with Crippen LogP contribution < -0.4 is 0 Å². The molecule has 0 radical (unpaired) electrons. The summed E-state index contributed by atoms with van der Waals surface area (Å²) in [6.07, 6.45) is 9.82. The molecule has 0 bridgehead atoms. The fraction of sp³-hybridized carbons (Fsp3) is 1.00. The van der Waals surface area contributed by atoms with Crippen molar-refractivity contribution in [3.63, 3.8) is 0 Å². The fourth-order valence-electron chi connectivity index (χ4n) is 2.40. The van der Waals surface area contributed by atoms with Gasteiger partial charge in [-0.25, -0.2) is 0 Å². The lowest BCUT2D eigenvalue weighted by Gasteiger charge is -2.22. The maximum absolute atomic E-state index is 11.1. The molecule has 0 amide bonds. The molecule has 0 aromatic heterocycles. The molecule has 108 valence electrons. The van der Waals surface area contributed by atoms with Crippen LogP contribution in [0, 0.1) is 10.1 Å². The molecular formula is C14H29NO3. The van der Waals surface area contributed by atoms with E-state index in [4.69, 9.17) is 0 Å². The number of hydrogen-bond acceptors (Lipinski definition) is 3. The van der Waals surface area contributed by atoms with E-state index in [2.05, 4.69) is 6.92 Å². The second kappa shape index (κ2) is 10.3. The van der Waals surface area contributed by atoms with Crippen molar-refractivity contribution in [2.24, 2.45) is 0 Å². The average molecular weight is 259 g/mol. The van der Waals surface area contributed by atoms with Gasteiger partial charge in [-0.15, -0.1) is 0 Å². The minimum Gasteiger partial charge on any atom is -0.389 e. The Hall–Kier alpha value is -0.640. The third-order valence-electron chi connectivity index (χ3n) is 3.64. The molecule has 0 aliphatic carbocycles. The van der Waals surface area contributed by atoms with Gasteiger partial charge in [0, 0.05) is 17.8 Å². The summed E-state index contributed by atoms with van der Waals surface area (Å²) in [5.74, 6) is 0. The summed E-state index contributed by atoms with van der Waals surface area (Å²) in [6, 6.07) is 0. The van der Waals surface area contributed by atoms with E-state index < -0.39 is 5.54 Å². The largest absolute Gasteiger partial charge is 0.389 e. The van der Waals surface area contributed by atoms with Crippen molar-refractivity contribution >= 4 is 0 Å². The molecule has 0 fully saturated rings. The molecule has 4 nitrogen and oxygen atoms in total. The first-order valence-electron chi connectivity index (χ1n) is 7.38. The Bertz CT molecular complexity index is 221. The average Bonchev–Trinajstić information content (AvgIpc) is 2.36. The van der Waals surface area contributed by atoms with Crippen LogP contribution in [0.4, 0.5) is 0 Å². The van der Waals surface area contributed by atoms with Gasteiger partial charge in [0.15, 0.2) is 0 Å². The van der Waals surface area contributed by atoms with E-state index in [1.165, 1.54) is 25.7 Å². The van der Waals surface area contributed by atoms with Gasteiger partial charge in [0.25, 0.3) is 0 Å². The van der Waals surface area contributed by atoms with Gasteiger partial charge in [-0.3, -0.25) is 10.1 Å². The topological polar surface area (TPSA) is 63.4 Å². The lowest BCUT2D eigenvalue weighted by Crippen LogP contribution is -2.42. The van der Waals surface area contributed by atoms with Gasteiger partial charge in [0.1, 0.15) is 6.61 Å². The molecule has 0 aromatic carbocycles. The van der Waals surface area contributed by atoms with Crippen molar-refractivity contribution in [2.45, 2.75) is 83.6 Å². The number of nitro groups is 1. The van der Waals surface area contributed by atoms with Crippen molar-refractivity contribution in [3.05, 3.63) is 10.1 Å². The van der Waals surface area contributed by atoms with Crippen molar-refractivity contribution < 1.29 is 10.0 Å². The number of unbranched alkanes of at least 4 members (excludes halogenated alkanes) is 6. The molecule has 0 aromatic rings. The molecule has 0 saturated carbocycles. The maximum Gasteiger partial charge on any atom is 0.244 e. The first-order chi connectivity index (χ1) is 8.63. The van der Waals surface area contributed by atoms with Gasteiger partial charge in [0.2, 0.25) is 5.54 Å². The van der Waals surface area contributed by atoms with Crippen LogP contribution in [0.25, 0.3) is 0 Å². The quantitative estimate of drug-likeness (QED) is 0.328. The number of hydrogen-bond donors (Lipinski definition) is 1. The Labute approximate surface area is 111 Å².